The molecule has 1 fully saturated rings. The standard InChI is InChI=1S/C11H22N2O3/c1-10(15)12-4-3-5-13(2)6-11(7-14)8-16-9-11/h14H,3-9H2,1-2H3,(H,12,15). The molecule has 0 saturated carbocycles. The minimum absolute atomic E-state index is 0.0156. The minimum atomic E-state index is -0.0528. The van der Waals surface area contributed by atoms with Gasteiger partial charge in [0.15, 0.2) is 0 Å². The molecular weight excluding hydrogens is 208 g/mol. The Kier molecular flexibility index (Phi) is 5.18. The second-order valence-corrected chi connectivity index (χ2v) is 4.73. The number of nitrogens with zero attached hydrogens (tertiary/aromatic N) is 1. The number of nitrogens with one attached hydrogen (secondary N) is 1. The second-order valence-electron chi connectivity index (χ2n) is 4.73. The Bertz CT molecular complexity index is 224. The van der Waals surface area contributed by atoms with Crippen LogP contribution in [0.2, 0.25) is 0 Å². The molecule has 1 rings (SSSR count). The first-order chi connectivity index (χ1) is 7.58. The van der Waals surface area contributed by atoms with E-state index in [0.29, 0.717) is 19.8 Å². The van der Waals surface area contributed by atoms with E-state index in [1.54, 1.807) is 0 Å². The zero-order chi connectivity index (χ0) is 12.0. The average molecular weight is 230 g/mol. The molecule has 5 heteroatoms. The number of ether oxygens (including phenoxy) is 1. The van der Waals surface area contributed by atoms with E-state index in [1.165, 1.54) is 6.92 Å². The molecule has 5 nitrogen and oxygen atoms in total. The highest BCUT2D eigenvalue weighted by Gasteiger charge is 2.38. The summed E-state index contributed by atoms with van der Waals surface area (Å²) in [6.45, 7) is 5.49. The molecule has 1 heterocycles. The second kappa shape index (κ2) is 6.18. The molecule has 1 saturated heterocycles. The van der Waals surface area contributed by atoms with Crippen molar-refractivity contribution >= 4 is 5.91 Å². The Labute approximate surface area is 96.8 Å². The zero-order valence-electron chi connectivity index (χ0n) is 10.2. The SMILES string of the molecule is CC(=O)NCCCN(C)CC1(CO)COC1. The summed E-state index contributed by atoms with van der Waals surface area (Å²) in [7, 11) is 2.03. The van der Waals surface area contributed by atoms with Gasteiger partial charge >= 0.3 is 0 Å². The van der Waals surface area contributed by atoms with Gasteiger partial charge in [-0.25, -0.2) is 0 Å². The van der Waals surface area contributed by atoms with Crippen molar-refractivity contribution in [3.8, 4) is 0 Å². The van der Waals surface area contributed by atoms with Crippen molar-refractivity contribution < 1.29 is 14.6 Å². The molecule has 0 atom stereocenters. The number of carbonyl (C=O) groups is 1. The van der Waals surface area contributed by atoms with Crippen LogP contribution >= 0.6 is 0 Å². The number of hydrogen-bond donors (Lipinski definition) is 2. The first-order valence-corrected chi connectivity index (χ1v) is 5.70. The third-order valence-corrected chi connectivity index (χ3v) is 2.85. The summed E-state index contributed by atoms with van der Waals surface area (Å²) in [5.74, 6) is 0.0156. The van der Waals surface area contributed by atoms with Crippen LogP contribution in [0.15, 0.2) is 0 Å². The van der Waals surface area contributed by atoms with Gasteiger partial charge in [-0.05, 0) is 20.0 Å². The Morgan fingerprint density at radius 1 is 1.56 bits per heavy atom. The Morgan fingerprint density at radius 3 is 2.69 bits per heavy atom. The Morgan fingerprint density at radius 2 is 2.25 bits per heavy atom. The molecule has 0 spiro atoms. The van der Waals surface area contributed by atoms with E-state index in [1.807, 2.05) is 7.05 Å². The van der Waals surface area contributed by atoms with Crippen molar-refractivity contribution in [3.05, 3.63) is 0 Å². The zero-order valence-corrected chi connectivity index (χ0v) is 10.2. The minimum Gasteiger partial charge on any atom is -0.396 e. The molecule has 1 amide bonds. The van der Waals surface area contributed by atoms with Gasteiger partial charge in [0.2, 0.25) is 5.91 Å². The maximum Gasteiger partial charge on any atom is 0.216 e. The topological polar surface area (TPSA) is 61.8 Å². The highest BCUT2D eigenvalue weighted by molar-refractivity contribution is 5.72. The van der Waals surface area contributed by atoms with Crippen molar-refractivity contribution in [3.63, 3.8) is 0 Å². The van der Waals surface area contributed by atoms with Crippen molar-refractivity contribution in [1.29, 1.82) is 0 Å². The van der Waals surface area contributed by atoms with Crippen LogP contribution in [0.4, 0.5) is 0 Å². The van der Waals surface area contributed by atoms with E-state index < -0.39 is 0 Å². The summed E-state index contributed by atoms with van der Waals surface area (Å²) in [6, 6.07) is 0. The van der Waals surface area contributed by atoms with Gasteiger partial charge in [0.25, 0.3) is 0 Å². The normalized spacial score (nSPS) is 18.2. The highest BCUT2D eigenvalue weighted by Crippen LogP contribution is 2.27. The van der Waals surface area contributed by atoms with Gasteiger partial charge in [-0.3, -0.25) is 4.79 Å². The number of hydrogen-bond acceptors (Lipinski definition) is 4. The van der Waals surface area contributed by atoms with Gasteiger partial charge in [-0.15, -0.1) is 0 Å². The lowest BCUT2D eigenvalue weighted by molar-refractivity contribution is -0.146. The van der Waals surface area contributed by atoms with Gasteiger partial charge in [-0.2, -0.15) is 0 Å². The van der Waals surface area contributed by atoms with E-state index in [2.05, 4.69) is 10.2 Å². The monoisotopic (exact) mass is 230 g/mol. The molecular formula is C11H22N2O3. The lowest BCUT2D eigenvalue weighted by Gasteiger charge is -2.42. The van der Waals surface area contributed by atoms with Gasteiger partial charge in [0, 0.05) is 20.0 Å². The Balaban J connectivity index is 2.10. The summed E-state index contributed by atoms with van der Waals surface area (Å²) in [5.41, 5.74) is -0.0528. The average Bonchev–Trinajstić information content (AvgIpc) is 2.18. The van der Waals surface area contributed by atoms with E-state index in [9.17, 15) is 9.90 Å². The molecule has 2 N–H and O–H groups in total. The molecule has 0 bridgehead atoms. The van der Waals surface area contributed by atoms with Gasteiger partial charge in [0.05, 0.1) is 25.2 Å². The third-order valence-electron chi connectivity index (χ3n) is 2.85. The lowest BCUT2D eigenvalue weighted by atomic mass is 9.86. The predicted octanol–water partition coefficient (Wildman–Crippen LogP) is -0.547. The van der Waals surface area contributed by atoms with Crippen molar-refractivity contribution in [1.82, 2.24) is 10.2 Å². The number of aliphatic hydroxyl groups is 1. The Hall–Kier alpha value is -0.650. The van der Waals surface area contributed by atoms with Crippen LogP contribution in [0.5, 0.6) is 0 Å². The summed E-state index contributed by atoms with van der Waals surface area (Å²) >= 11 is 0. The summed E-state index contributed by atoms with van der Waals surface area (Å²) in [6.07, 6.45) is 0.929. The molecule has 0 unspecified atom stereocenters. The predicted molar refractivity (Wildman–Crippen MR) is 61.1 cm³/mol. The van der Waals surface area contributed by atoms with Crippen molar-refractivity contribution in [2.24, 2.45) is 5.41 Å². The first-order valence-electron chi connectivity index (χ1n) is 5.70. The van der Waals surface area contributed by atoms with Gasteiger partial charge in [0.1, 0.15) is 0 Å². The van der Waals surface area contributed by atoms with E-state index in [4.69, 9.17) is 4.74 Å². The molecule has 0 aromatic heterocycles. The summed E-state index contributed by atoms with van der Waals surface area (Å²) in [5, 5.41) is 12.0. The maximum atomic E-state index is 10.6. The molecule has 0 aromatic rings. The fraction of sp³-hybridized carbons (Fsp3) is 0.909. The number of rotatable bonds is 7. The largest absolute Gasteiger partial charge is 0.396 e. The summed E-state index contributed by atoms with van der Waals surface area (Å²) < 4.78 is 5.14. The van der Waals surface area contributed by atoms with Crippen LogP contribution in [0, 0.1) is 5.41 Å². The van der Waals surface area contributed by atoms with Crippen LogP contribution < -0.4 is 5.32 Å². The van der Waals surface area contributed by atoms with E-state index in [-0.39, 0.29) is 17.9 Å². The van der Waals surface area contributed by atoms with Crippen molar-refractivity contribution in [2.45, 2.75) is 13.3 Å². The van der Waals surface area contributed by atoms with E-state index in [0.717, 1.165) is 19.5 Å². The quantitative estimate of drug-likeness (QED) is 0.576. The fourth-order valence-electron chi connectivity index (χ4n) is 1.89. The van der Waals surface area contributed by atoms with Gasteiger partial charge in [-0.1, -0.05) is 0 Å². The third kappa shape index (κ3) is 4.08. The fourth-order valence-corrected chi connectivity index (χ4v) is 1.89. The lowest BCUT2D eigenvalue weighted by Crippen LogP contribution is -2.52. The van der Waals surface area contributed by atoms with E-state index >= 15 is 0 Å². The van der Waals surface area contributed by atoms with Crippen LogP contribution in [0.1, 0.15) is 13.3 Å². The molecule has 1 aliphatic rings. The van der Waals surface area contributed by atoms with Crippen LogP contribution in [0.25, 0.3) is 0 Å². The first kappa shape index (κ1) is 13.4. The number of carbonyl (C=O) groups excluding carboxylic acids is 1. The van der Waals surface area contributed by atoms with Crippen LogP contribution in [-0.2, 0) is 9.53 Å². The van der Waals surface area contributed by atoms with Crippen molar-refractivity contribution in [2.75, 3.05) is 46.5 Å². The maximum absolute atomic E-state index is 10.6. The van der Waals surface area contributed by atoms with Gasteiger partial charge < -0.3 is 20.1 Å². The molecule has 0 aromatic carbocycles. The summed E-state index contributed by atoms with van der Waals surface area (Å²) in [4.78, 5) is 12.8. The molecule has 0 aliphatic carbocycles. The number of amides is 1. The molecule has 0 radical (unpaired) electrons. The molecule has 16 heavy (non-hydrogen) atoms. The van der Waals surface area contributed by atoms with Crippen LogP contribution in [0.3, 0.4) is 0 Å². The molecule has 94 valence electrons. The number of aliphatic hydroxyl groups excluding tert-OH is 1. The highest BCUT2D eigenvalue weighted by atomic mass is 16.5. The van der Waals surface area contributed by atoms with Crippen LogP contribution in [-0.4, -0.2) is 62.4 Å². The smallest absolute Gasteiger partial charge is 0.216 e. The molecule has 1 aliphatic heterocycles.